The monoisotopic (exact) mass is 339 g/mol. The number of imidazole rings is 1. The molecule has 8 heteroatoms. The fourth-order valence-corrected chi connectivity index (χ4v) is 3.27. The van der Waals surface area contributed by atoms with Crippen LogP contribution in [0, 0.1) is 13.8 Å². The van der Waals surface area contributed by atoms with E-state index in [1.807, 2.05) is 43.1 Å². The van der Waals surface area contributed by atoms with Gasteiger partial charge in [0, 0.05) is 37.2 Å². The molecule has 0 radical (unpaired) electrons. The standard InChI is InChI=1S/C17H21N7O/c1-12-9-13(2)24(20-12)11-17(25)22-7-5-14(10-22)19-15-3-4-16-18-6-8-23(16)21-15/h3-4,6,8-9,14H,5,7,10-11H2,1-2H3,(H,19,21)/t14-/m1/s1. The number of nitrogens with one attached hydrogen (secondary N) is 1. The van der Waals surface area contributed by atoms with Crippen molar-refractivity contribution in [3.8, 4) is 0 Å². The first-order valence-corrected chi connectivity index (χ1v) is 8.44. The Labute approximate surface area is 145 Å². The highest BCUT2D eigenvalue weighted by Gasteiger charge is 2.26. The van der Waals surface area contributed by atoms with Gasteiger partial charge in [-0.1, -0.05) is 0 Å². The molecule has 1 aliphatic rings. The minimum Gasteiger partial charge on any atom is -0.364 e. The zero-order valence-corrected chi connectivity index (χ0v) is 14.4. The molecule has 3 aromatic heterocycles. The van der Waals surface area contributed by atoms with Gasteiger partial charge in [0.05, 0.1) is 5.69 Å². The largest absolute Gasteiger partial charge is 0.364 e. The third-order valence-electron chi connectivity index (χ3n) is 4.54. The number of nitrogens with zero attached hydrogens (tertiary/aromatic N) is 6. The topological polar surface area (TPSA) is 80.4 Å². The van der Waals surface area contributed by atoms with Crippen LogP contribution in [0.4, 0.5) is 5.82 Å². The smallest absolute Gasteiger partial charge is 0.244 e. The van der Waals surface area contributed by atoms with Gasteiger partial charge in [0.1, 0.15) is 12.4 Å². The Morgan fingerprint density at radius 2 is 2.20 bits per heavy atom. The van der Waals surface area contributed by atoms with E-state index in [1.165, 1.54) is 0 Å². The first kappa shape index (κ1) is 15.6. The van der Waals surface area contributed by atoms with Crippen LogP contribution in [0.2, 0.25) is 0 Å². The summed E-state index contributed by atoms with van der Waals surface area (Å²) in [7, 11) is 0. The van der Waals surface area contributed by atoms with E-state index < -0.39 is 0 Å². The Morgan fingerprint density at radius 3 is 3.00 bits per heavy atom. The minimum atomic E-state index is 0.105. The zero-order chi connectivity index (χ0) is 17.4. The van der Waals surface area contributed by atoms with E-state index in [0.29, 0.717) is 13.1 Å². The summed E-state index contributed by atoms with van der Waals surface area (Å²) in [6.45, 7) is 5.64. The van der Waals surface area contributed by atoms with Crippen LogP contribution in [0.25, 0.3) is 5.65 Å². The Morgan fingerprint density at radius 1 is 1.32 bits per heavy atom. The molecule has 4 rings (SSSR count). The van der Waals surface area contributed by atoms with Crippen LogP contribution >= 0.6 is 0 Å². The summed E-state index contributed by atoms with van der Waals surface area (Å²) >= 11 is 0. The van der Waals surface area contributed by atoms with Gasteiger partial charge >= 0.3 is 0 Å². The van der Waals surface area contributed by atoms with E-state index in [0.717, 1.165) is 35.8 Å². The summed E-state index contributed by atoms with van der Waals surface area (Å²) in [5.41, 5.74) is 2.77. The van der Waals surface area contributed by atoms with Crippen LogP contribution < -0.4 is 5.32 Å². The maximum atomic E-state index is 12.5. The maximum Gasteiger partial charge on any atom is 0.244 e. The van der Waals surface area contributed by atoms with Gasteiger partial charge in [-0.2, -0.15) is 5.10 Å². The van der Waals surface area contributed by atoms with Crippen LogP contribution in [0.3, 0.4) is 0 Å². The van der Waals surface area contributed by atoms with Crippen molar-refractivity contribution in [2.75, 3.05) is 18.4 Å². The highest BCUT2D eigenvalue weighted by molar-refractivity contribution is 5.76. The van der Waals surface area contributed by atoms with Gasteiger partial charge in [-0.25, -0.2) is 9.50 Å². The van der Waals surface area contributed by atoms with Crippen molar-refractivity contribution in [2.24, 2.45) is 0 Å². The third-order valence-corrected chi connectivity index (χ3v) is 4.54. The summed E-state index contributed by atoms with van der Waals surface area (Å²) < 4.78 is 3.51. The number of carbonyl (C=O) groups is 1. The lowest BCUT2D eigenvalue weighted by Gasteiger charge is -2.18. The lowest BCUT2D eigenvalue weighted by Crippen LogP contribution is -2.34. The number of carbonyl (C=O) groups excluding carboxylic acids is 1. The SMILES string of the molecule is Cc1cc(C)n(CC(=O)N2CC[C@@H](Nc3ccc4nccn4n3)C2)n1. The summed E-state index contributed by atoms with van der Waals surface area (Å²) in [5.74, 6) is 0.900. The second-order valence-electron chi connectivity index (χ2n) is 6.50. The van der Waals surface area contributed by atoms with Gasteiger partial charge in [-0.3, -0.25) is 9.48 Å². The Hall–Kier alpha value is -2.90. The number of fused-ring (bicyclic) bond motifs is 1. The summed E-state index contributed by atoms with van der Waals surface area (Å²) in [4.78, 5) is 18.6. The first-order chi connectivity index (χ1) is 12.1. The molecule has 1 N–H and O–H groups in total. The van der Waals surface area contributed by atoms with E-state index in [1.54, 1.807) is 15.4 Å². The molecule has 1 fully saturated rings. The molecule has 130 valence electrons. The van der Waals surface area contributed by atoms with Gasteiger partial charge in [0.2, 0.25) is 5.91 Å². The van der Waals surface area contributed by atoms with Crippen molar-refractivity contribution in [2.45, 2.75) is 32.9 Å². The molecule has 0 spiro atoms. The number of amides is 1. The van der Waals surface area contributed by atoms with Gasteiger partial charge in [0.25, 0.3) is 0 Å². The number of aromatic nitrogens is 5. The number of hydrogen-bond donors (Lipinski definition) is 1. The van der Waals surface area contributed by atoms with E-state index in [-0.39, 0.29) is 11.9 Å². The van der Waals surface area contributed by atoms with Crippen molar-refractivity contribution >= 4 is 17.4 Å². The predicted octanol–water partition coefficient (Wildman–Crippen LogP) is 1.26. The van der Waals surface area contributed by atoms with Crippen LogP contribution in [0.1, 0.15) is 17.8 Å². The highest BCUT2D eigenvalue weighted by Crippen LogP contribution is 2.15. The molecule has 1 saturated heterocycles. The number of rotatable bonds is 4. The predicted molar refractivity (Wildman–Crippen MR) is 93.3 cm³/mol. The number of likely N-dealkylation sites (tertiary alicyclic amines) is 1. The van der Waals surface area contributed by atoms with Crippen molar-refractivity contribution in [3.05, 3.63) is 42.0 Å². The molecule has 1 atom stereocenters. The second kappa shape index (κ2) is 6.19. The van der Waals surface area contributed by atoms with Gasteiger partial charge in [-0.15, -0.1) is 5.10 Å². The van der Waals surface area contributed by atoms with E-state index in [4.69, 9.17) is 0 Å². The zero-order valence-electron chi connectivity index (χ0n) is 14.4. The fraction of sp³-hybridized carbons (Fsp3) is 0.412. The van der Waals surface area contributed by atoms with Gasteiger partial charge in [-0.05, 0) is 38.5 Å². The Bertz CT molecular complexity index is 913. The second-order valence-corrected chi connectivity index (χ2v) is 6.50. The van der Waals surface area contributed by atoms with E-state index in [2.05, 4.69) is 20.5 Å². The summed E-state index contributed by atoms with van der Waals surface area (Å²) in [6, 6.07) is 6.04. The minimum absolute atomic E-state index is 0.105. The van der Waals surface area contributed by atoms with Crippen LogP contribution in [0.15, 0.2) is 30.6 Å². The Balaban J connectivity index is 1.37. The van der Waals surface area contributed by atoms with Gasteiger partial charge in [0.15, 0.2) is 5.65 Å². The molecule has 0 aromatic carbocycles. The molecule has 0 aliphatic carbocycles. The molecule has 1 amide bonds. The highest BCUT2D eigenvalue weighted by atomic mass is 16.2. The lowest BCUT2D eigenvalue weighted by molar-refractivity contribution is -0.131. The molecular weight excluding hydrogens is 318 g/mol. The average Bonchev–Trinajstić information content (AvgIpc) is 3.28. The molecule has 4 heterocycles. The van der Waals surface area contributed by atoms with Crippen molar-refractivity contribution in [3.63, 3.8) is 0 Å². The van der Waals surface area contributed by atoms with E-state index >= 15 is 0 Å². The van der Waals surface area contributed by atoms with Gasteiger partial charge < -0.3 is 10.2 Å². The molecule has 0 saturated carbocycles. The number of hydrogen-bond acceptors (Lipinski definition) is 5. The molecular formula is C17H21N7O. The fourth-order valence-electron chi connectivity index (χ4n) is 3.27. The third kappa shape index (κ3) is 3.19. The number of anilines is 1. The van der Waals surface area contributed by atoms with Crippen molar-refractivity contribution in [1.82, 2.24) is 29.3 Å². The quantitative estimate of drug-likeness (QED) is 0.774. The first-order valence-electron chi connectivity index (χ1n) is 8.44. The maximum absolute atomic E-state index is 12.5. The Kier molecular flexibility index (Phi) is 3.87. The lowest BCUT2D eigenvalue weighted by atomic mass is 10.2. The molecule has 8 nitrogen and oxygen atoms in total. The van der Waals surface area contributed by atoms with Crippen LogP contribution in [-0.4, -0.2) is 54.3 Å². The number of aryl methyl sites for hydroxylation is 2. The van der Waals surface area contributed by atoms with Crippen molar-refractivity contribution < 1.29 is 4.79 Å². The summed E-state index contributed by atoms with van der Waals surface area (Å²) in [5, 5.41) is 12.3. The molecule has 0 unspecified atom stereocenters. The van der Waals surface area contributed by atoms with Crippen LogP contribution in [0.5, 0.6) is 0 Å². The normalized spacial score (nSPS) is 17.4. The molecule has 25 heavy (non-hydrogen) atoms. The summed E-state index contributed by atoms with van der Waals surface area (Å²) in [6.07, 6.45) is 4.45. The van der Waals surface area contributed by atoms with Crippen LogP contribution in [-0.2, 0) is 11.3 Å². The molecule has 0 bridgehead atoms. The molecule has 3 aromatic rings. The molecule has 1 aliphatic heterocycles. The van der Waals surface area contributed by atoms with E-state index in [9.17, 15) is 4.79 Å². The van der Waals surface area contributed by atoms with Crippen molar-refractivity contribution in [1.29, 1.82) is 0 Å². The average molecular weight is 339 g/mol.